The number of nitrogens with two attached hydrogens (primary N) is 1. The van der Waals surface area contributed by atoms with Gasteiger partial charge in [-0.2, -0.15) is 0 Å². The van der Waals surface area contributed by atoms with Crippen LogP contribution in [0.4, 0.5) is 5.69 Å². The van der Waals surface area contributed by atoms with E-state index in [4.69, 9.17) is 10.5 Å². The Labute approximate surface area is 146 Å². The van der Waals surface area contributed by atoms with E-state index >= 15 is 0 Å². The number of benzene rings is 2. The predicted molar refractivity (Wildman–Crippen MR) is 98.7 cm³/mol. The number of halogens is 2. The molecule has 3 aromatic rings. The average Bonchev–Trinajstić information content (AvgIpc) is 2.86. The number of aromatic nitrogens is 1. The van der Waals surface area contributed by atoms with Gasteiger partial charge in [-0.05, 0) is 73.7 Å². The van der Waals surface area contributed by atoms with Crippen LogP contribution in [0.5, 0.6) is 11.5 Å². The maximum Gasteiger partial charge on any atom is 0.155 e. The van der Waals surface area contributed by atoms with Gasteiger partial charge in [-0.25, -0.2) is 0 Å². The molecule has 0 aliphatic carbocycles. The minimum Gasteiger partial charge on any atom is -0.455 e. The van der Waals surface area contributed by atoms with E-state index in [1.807, 2.05) is 24.3 Å². The first-order valence-electron chi connectivity index (χ1n) is 6.99. The summed E-state index contributed by atoms with van der Waals surface area (Å²) < 4.78 is 7.68. The topological polar surface area (TPSA) is 51.0 Å². The molecular weight excluding hydrogens is 408 g/mol. The normalized spacial score (nSPS) is 11.3. The third-order valence-corrected chi connectivity index (χ3v) is 4.73. The smallest absolute Gasteiger partial charge is 0.155 e. The van der Waals surface area contributed by atoms with Crippen molar-refractivity contribution in [2.75, 3.05) is 5.73 Å². The Morgan fingerprint density at radius 1 is 1.09 bits per heavy atom. The van der Waals surface area contributed by atoms with Crippen LogP contribution in [-0.4, -0.2) is 4.98 Å². The van der Waals surface area contributed by atoms with Gasteiger partial charge < -0.3 is 15.5 Å². The van der Waals surface area contributed by atoms with Gasteiger partial charge in [-0.15, -0.1) is 0 Å². The zero-order chi connectivity index (χ0) is 15.9. The van der Waals surface area contributed by atoms with Crippen LogP contribution in [0.15, 0.2) is 45.5 Å². The molecular formula is C17H16Br2N2O. The van der Waals surface area contributed by atoms with E-state index < -0.39 is 0 Å². The first kappa shape index (κ1) is 15.4. The molecule has 0 fully saturated rings. The Balaban J connectivity index is 2.03. The molecule has 3 rings (SSSR count). The monoisotopic (exact) mass is 422 g/mol. The van der Waals surface area contributed by atoms with Gasteiger partial charge in [0.25, 0.3) is 0 Å². The summed E-state index contributed by atoms with van der Waals surface area (Å²) >= 11 is 6.99. The molecule has 0 saturated carbocycles. The minimum absolute atomic E-state index is 0.457. The van der Waals surface area contributed by atoms with Crippen molar-refractivity contribution in [2.45, 2.75) is 19.8 Å². The Hall–Kier alpha value is -1.46. The first-order chi connectivity index (χ1) is 10.5. The highest BCUT2D eigenvalue weighted by Gasteiger charge is 2.12. The van der Waals surface area contributed by atoms with Crippen LogP contribution < -0.4 is 10.5 Å². The molecule has 3 N–H and O–H groups in total. The first-order valence-corrected chi connectivity index (χ1v) is 8.57. The lowest BCUT2D eigenvalue weighted by molar-refractivity contribution is 0.477. The predicted octanol–water partition coefficient (Wildman–Crippen LogP) is 6.19. The van der Waals surface area contributed by atoms with Crippen LogP contribution >= 0.6 is 31.9 Å². The largest absolute Gasteiger partial charge is 0.455 e. The molecule has 0 atom stereocenters. The molecule has 0 unspecified atom stereocenters. The van der Waals surface area contributed by atoms with Gasteiger partial charge in [0.15, 0.2) is 5.75 Å². The highest BCUT2D eigenvalue weighted by Crippen LogP contribution is 2.39. The Bertz CT molecular complexity index is 817. The third kappa shape index (κ3) is 2.88. The molecule has 0 amide bonds. The van der Waals surface area contributed by atoms with E-state index in [9.17, 15) is 0 Å². The fraction of sp³-hybridized carbons (Fsp3) is 0.176. The lowest BCUT2D eigenvalue weighted by Gasteiger charge is -2.11. The molecule has 22 heavy (non-hydrogen) atoms. The van der Waals surface area contributed by atoms with E-state index in [-0.39, 0.29) is 0 Å². The summed E-state index contributed by atoms with van der Waals surface area (Å²) in [6.07, 6.45) is 2.06. The molecule has 0 bridgehead atoms. The number of nitrogen functional groups attached to an aromatic ring is 1. The molecule has 0 aliphatic heterocycles. The van der Waals surface area contributed by atoms with Crippen molar-refractivity contribution >= 4 is 48.5 Å². The average molecular weight is 424 g/mol. The summed E-state index contributed by atoms with van der Waals surface area (Å²) in [6, 6.07) is 9.72. The summed E-state index contributed by atoms with van der Waals surface area (Å²) in [5.74, 6) is 1.97. The van der Waals surface area contributed by atoms with Gasteiger partial charge in [0.05, 0.1) is 8.95 Å². The Morgan fingerprint density at radius 2 is 1.77 bits per heavy atom. The lowest BCUT2D eigenvalue weighted by Crippen LogP contribution is -1.91. The van der Waals surface area contributed by atoms with Gasteiger partial charge >= 0.3 is 0 Å². The second-order valence-electron chi connectivity index (χ2n) is 5.52. The van der Waals surface area contributed by atoms with Crippen LogP contribution in [0.3, 0.4) is 0 Å². The number of aromatic amines is 1. The molecule has 0 aliphatic rings. The van der Waals surface area contributed by atoms with Gasteiger partial charge in [0.1, 0.15) is 5.75 Å². The van der Waals surface area contributed by atoms with Crippen molar-refractivity contribution in [2.24, 2.45) is 0 Å². The van der Waals surface area contributed by atoms with Crippen LogP contribution in [0.25, 0.3) is 10.9 Å². The van der Waals surface area contributed by atoms with Crippen molar-refractivity contribution in [3.05, 3.63) is 51.0 Å². The number of rotatable bonds is 3. The summed E-state index contributed by atoms with van der Waals surface area (Å²) in [7, 11) is 0. The van der Waals surface area contributed by atoms with Crippen molar-refractivity contribution in [3.63, 3.8) is 0 Å². The maximum atomic E-state index is 6.04. The summed E-state index contributed by atoms with van der Waals surface area (Å²) in [5, 5.41) is 1.19. The number of H-pyrrole nitrogens is 1. The number of hydrogen-bond donors (Lipinski definition) is 2. The zero-order valence-electron chi connectivity index (χ0n) is 12.3. The number of hydrogen-bond acceptors (Lipinski definition) is 2. The second-order valence-corrected chi connectivity index (χ2v) is 7.23. The molecule has 0 radical (unpaired) electrons. The highest BCUT2D eigenvalue weighted by molar-refractivity contribution is 9.11. The van der Waals surface area contributed by atoms with Crippen LogP contribution in [-0.2, 0) is 0 Å². The van der Waals surface area contributed by atoms with Crippen molar-refractivity contribution in [3.8, 4) is 11.5 Å². The highest BCUT2D eigenvalue weighted by atomic mass is 79.9. The van der Waals surface area contributed by atoms with E-state index in [0.29, 0.717) is 11.6 Å². The van der Waals surface area contributed by atoms with E-state index in [2.05, 4.69) is 63.0 Å². The fourth-order valence-electron chi connectivity index (χ4n) is 2.46. The van der Waals surface area contributed by atoms with Crippen molar-refractivity contribution in [1.29, 1.82) is 0 Å². The SMILES string of the molecule is CC(C)c1c[nH]c2ccc(Oc3c(Br)cc(N)cc3Br)cc12. The third-order valence-electron chi connectivity index (χ3n) is 3.55. The van der Waals surface area contributed by atoms with Crippen LogP contribution in [0, 0.1) is 0 Å². The zero-order valence-corrected chi connectivity index (χ0v) is 15.5. The molecule has 1 heterocycles. The van der Waals surface area contributed by atoms with E-state index in [1.165, 1.54) is 10.9 Å². The minimum atomic E-state index is 0.457. The summed E-state index contributed by atoms with van der Waals surface area (Å²) in [6.45, 7) is 4.37. The molecule has 5 heteroatoms. The van der Waals surface area contributed by atoms with Gasteiger partial charge in [-0.1, -0.05) is 13.8 Å². The standard InChI is InChI=1S/C17H16Br2N2O/c1-9(2)13-8-21-16-4-3-11(7-12(13)16)22-17-14(18)5-10(20)6-15(17)19/h3-9,21H,20H2,1-2H3. The Kier molecular flexibility index (Phi) is 4.19. The number of fused-ring (bicyclic) bond motifs is 1. The summed E-state index contributed by atoms with van der Waals surface area (Å²) in [5.41, 5.74) is 8.90. The number of anilines is 1. The molecule has 2 aromatic carbocycles. The quantitative estimate of drug-likeness (QED) is 0.493. The fourth-order valence-corrected chi connectivity index (χ4v) is 3.84. The molecule has 1 aromatic heterocycles. The lowest BCUT2D eigenvalue weighted by atomic mass is 10.0. The van der Waals surface area contributed by atoms with Gasteiger partial charge in [0.2, 0.25) is 0 Å². The molecule has 3 nitrogen and oxygen atoms in total. The Morgan fingerprint density at radius 3 is 2.41 bits per heavy atom. The molecule has 114 valence electrons. The maximum absolute atomic E-state index is 6.04. The van der Waals surface area contributed by atoms with Crippen molar-refractivity contribution in [1.82, 2.24) is 4.98 Å². The molecule has 0 saturated heterocycles. The van der Waals surface area contributed by atoms with Crippen LogP contribution in [0.1, 0.15) is 25.3 Å². The molecule has 0 spiro atoms. The van der Waals surface area contributed by atoms with Crippen molar-refractivity contribution < 1.29 is 4.74 Å². The van der Waals surface area contributed by atoms with Gasteiger partial charge in [-0.3, -0.25) is 0 Å². The van der Waals surface area contributed by atoms with Crippen LogP contribution in [0.2, 0.25) is 0 Å². The summed E-state index contributed by atoms with van der Waals surface area (Å²) in [4.78, 5) is 3.30. The number of nitrogens with one attached hydrogen (secondary N) is 1. The van der Waals surface area contributed by atoms with E-state index in [0.717, 1.165) is 26.0 Å². The second kappa shape index (κ2) is 5.97. The number of ether oxygens (including phenoxy) is 1. The van der Waals surface area contributed by atoms with E-state index in [1.54, 1.807) is 0 Å². The van der Waals surface area contributed by atoms with Gasteiger partial charge in [0, 0.05) is 22.8 Å².